The molecule has 0 atom stereocenters. The number of halogens is 3. The molecule has 0 fully saturated rings. The van der Waals surface area contributed by atoms with E-state index in [0.717, 1.165) is 11.8 Å². The summed E-state index contributed by atoms with van der Waals surface area (Å²) in [5, 5.41) is 3.24. The van der Waals surface area contributed by atoms with Gasteiger partial charge in [-0.3, -0.25) is 0 Å². The van der Waals surface area contributed by atoms with Crippen LogP contribution in [0, 0.1) is 5.82 Å². The molecule has 0 saturated carbocycles. The van der Waals surface area contributed by atoms with E-state index in [1.54, 1.807) is 6.07 Å². The molecule has 5 nitrogen and oxygen atoms in total. The number of aromatic nitrogens is 3. The fourth-order valence-corrected chi connectivity index (χ4v) is 2.08. The molecular formula is C16H12F3N3O2. The third-order valence-electron chi connectivity index (χ3n) is 3.25. The van der Waals surface area contributed by atoms with E-state index < -0.39 is 17.9 Å². The summed E-state index contributed by atoms with van der Waals surface area (Å²) in [6.45, 7) is 1.92. The Morgan fingerprint density at radius 1 is 1.21 bits per heavy atom. The third kappa shape index (κ3) is 3.22. The van der Waals surface area contributed by atoms with Gasteiger partial charge in [0.25, 0.3) is 6.43 Å². The Labute approximate surface area is 135 Å². The fourth-order valence-electron chi connectivity index (χ4n) is 2.08. The summed E-state index contributed by atoms with van der Waals surface area (Å²) in [6, 6.07) is 6.68. The van der Waals surface area contributed by atoms with Gasteiger partial charge in [0.05, 0.1) is 5.56 Å². The van der Waals surface area contributed by atoms with E-state index in [-0.39, 0.29) is 23.0 Å². The molecule has 124 valence electrons. The van der Waals surface area contributed by atoms with Crippen molar-refractivity contribution in [3.8, 4) is 23.0 Å². The van der Waals surface area contributed by atoms with Crippen LogP contribution in [0.25, 0.3) is 11.3 Å². The standard InChI is InChI=1S/C16H12F3N3O2/c1-2-9-6-14(21-8-20-9)23-12-5-3-4-10(17)15(12)13-7-11(16(18)19)22-24-13/h3-8,16H,2H2,1H3. The lowest BCUT2D eigenvalue weighted by Gasteiger charge is -2.09. The van der Waals surface area contributed by atoms with Crippen molar-refractivity contribution >= 4 is 0 Å². The minimum atomic E-state index is -2.81. The van der Waals surface area contributed by atoms with Crippen molar-refractivity contribution in [2.24, 2.45) is 0 Å². The number of aryl methyl sites for hydroxylation is 1. The first-order valence-corrected chi connectivity index (χ1v) is 7.11. The first kappa shape index (κ1) is 16.0. The quantitative estimate of drug-likeness (QED) is 0.684. The summed E-state index contributed by atoms with van der Waals surface area (Å²) < 4.78 is 50.0. The zero-order chi connectivity index (χ0) is 17.1. The van der Waals surface area contributed by atoms with Gasteiger partial charge in [-0.25, -0.2) is 23.1 Å². The van der Waals surface area contributed by atoms with Crippen molar-refractivity contribution in [3.05, 3.63) is 53.9 Å². The second-order valence-corrected chi connectivity index (χ2v) is 4.83. The molecule has 1 aromatic carbocycles. The molecule has 0 aliphatic heterocycles. The average Bonchev–Trinajstić information content (AvgIpc) is 3.05. The van der Waals surface area contributed by atoms with Crippen molar-refractivity contribution in [3.63, 3.8) is 0 Å². The fraction of sp³-hybridized carbons (Fsp3) is 0.188. The largest absolute Gasteiger partial charge is 0.438 e. The zero-order valence-electron chi connectivity index (χ0n) is 12.5. The maximum Gasteiger partial charge on any atom is 0.283 e. The molecule has 8 heteroatoms. The summed E-state index contributed by atoms with van der Waals surface area (Å²) in [5.74, 6) is -0.549. The average molecular weight is 335 g/mol. The minimum Gasteiger partial charge on any atom is -0.438 e. The number of ether oxygens (including phenoxy) is 1. The molecule has 2 heterocycles. The number of nitrogens with zero attached hydrogens (tertiary/aromatic N) is 3. The van der Waals surface area contributed by atoms with E-state index >= 15 is 0 Å². The molecule has 0 radical (unpaired) electrons. The van der Waals surface area contributed by atoms with Crippen molar-refractivity contribution in [2.75, 3.05) is 0 Å². The molecule has 3 rings (SSSR count). The van der Waals surface area contributed by atoms with E-state index in [2.05, 4.69) is 15.1 Å². The smallest absolute Gasteiger partial charge is 0.283 e. The van der Waals surface area contributed by atoms with E-state index in [1.165, 1.54) is 24.5 Å². The van der Waals surface area contributed by atoms with Crippen LogP contribution in [0.1, 0.15) is 24.7 Å². The van der Waals surface area contributed by atoms with Crippen molar-refractivity contribution < 1.29 is 22.4 Å². The van der Waals surface area contributed by atoms with Crippen LogP contribution in [0.3, 0.4) is 0 Å². The Balaban J connectivity index is 2.00. The molecule has 2 aromatic heterocycles. The van der Waals surface area contributed by atoms with Gasteiger partial charge in [-0.05, 0) is 18.6 Å². The second kappa shape index (κ2) is 6.69. The summed E-state index contributed by atoms with van der Waals surface area (Å²) in [7, 11) is 0. The maximum absolute atomic E-state index is 14.2. The van der Waals surface area contributed by atoms with Crippen LogP contribution in [0.15, 0.2) is 41.2 Å². The van der Waals surface area contributed by atoms with Gasteiger partial charge >= 0.3 is 0 Å². The molecule has 0 N–H and O–H groups in total. The van der Waals surface area contributed by atoms with E-state index in [4.69, 9.17) is 9.26 Å². The number of alkyl halides is 2. The summed E-state index contributed by atoms with van der Waals surface area (Å²) >= 11 is 0. The lowest BCUT2D eigenvalue weighted by molar-refractivity contribution is 0.140. The van der Waals surface area contributed by atoms with Crippen molar-refractivity contribution in [1.82, 2.24) is 15.1 Å². The van der Waals surface area contributed by atoms with Crippen molar-refractivity contribution in [2.45, 2.75) is 19.8 Å². The van der Waals surface area contributed by atoms with Gasteiger partial charge in [0.15, 0.2) is 5.76 Å². The highest BCUT2D eigenvalue weighted by molar-refractivity contribution is 5.67. The predicted molar refractivity (Wildman–Crippen MR) is 78.3 cm³/mol. The zero-order valence-corrected chi connectivity index (χ0v) is 12.5. The van der Waals surface area contributed by atoms with Gasteiger partial charge in [-0.2, -0.15) is 0 Å². The predicted octanol–water partition coefficient (Wildman–Crippen LogP) is 4.56. The molecule has 0 aliphatic rings. The highest BCUT2D eigenvalue weighted by Crippen LogP contribution is 2.36. The summed E-state index contributed by atoms with van der Waals surface area (Å²) in [4.78, 5) is 8.00. The van der Waals surface area contributed by atoms with Gasteiger partial charge in [-0.15, -0.1) is 0 Å². The monoisotopic (exact) mass is 335 g/mol. The second-order valence-electron chi connectivity index (χ2n) is 4.83. The Bertz CT molecular complexity index is 852. The molecule has 0 unspecified atom stereocenters. The van der Waals surface area contributed by atoms with E-state index in [0.29, 0.717) is 6.42 Å². The van der Waals surface area contributed by atoms with Crippen LogP contribution in [0.2, 0.25) is 0 Å². The molecule has 0 bridgehead atoms. The molecule has 0 spiro atoms. The Kier molecular flexibility index (Phi) is 4.45. The minimum absolute atomic E-state index is 0.0766. The van der Waals surface area contributed by atoms with Gasteiger partial charge in [0.1, 0.15) is 23.6 Å². The van der Waals surface area contributed by atoms with Gasteiger partial charge in [0.2, 0.25) is 5.88 Å². The Hall–Kier alpha value is -2.90. The normalized spacial score (nSPS) is 11.0. The van der Waals surface area contributed by atoms with E-state index in [9.17, 15) is 13.2 Å². The van der Waals surface area contributed by atoms with Gasteiger partial charge in [-0.1, -0.05) is 18.1 Å². The van der Waals surface area contributed by atoms with Crippen LogP contribution in [-0.2, 0) is 6.42 Å². The maximum atomic E-state index is 14.2. The summed E-state index contributed by atoms with van der Waals surface area (Å²) in [6.07, 6.45) is -0.807. The molecule has 0 aliphatic carbocycles. The molecule has 0 amide bonds. The number of hydrogen-bond donors (Lipinski definition) is 0. The van der Waals surface area contributed by atoms with Crippen LogP contribution >= 0.6 is 0 Å². The topological polar surface area (TPSA) is 61.0 Å². The Morgan fingerprint density at radius 3 is 2.75 bits per heavy atom. The van der Waals surface area contributed by atoms with Crippen LogP contribution in [-0.4, -0.2) is 15.1 Å². The van der Waals surface area contributed by atoms with E-state index in [1.807, 2.05) is 6.92 Å². The van der Waals surface area contributed by atoms with Crippen molar-refractivity contribution in [1.29, 1.82) is 0 Å². The molecular weight excluding hydrogens is 323 g/mol. The lowest BCUT2D eigenvalue weighted by Crippen LogP contribution is -1.95. The highest BCUT2D eigenvalue weighted by atomic mass is 19.3. The SMILES string of the molecule is CCc1cc(Oc2cccc(F)c2-c2cc(C(F)F)no2)ncn1. The first-order chi connectivity index (χ1) is 11.6. The Morgan fingerprint density at radius 2 is 2.04 bits per heavy atom. The number of rotatable bonds is 5. The van der Waals surface area contributed by atoms with Crippen LogP contribution in [0.4, 0.5) is 13.2 Å². The van der Waals surface area contributed by atoms with Crippen LogP contribution in [0.5, 0.6) is 11.6 Å². The van der Waals surface area contributed by atoms with Gasteiger partial charge in [0, 0.05) is 17.8 Å². The third-order valence-corrected chi connectivity index (χ3v) is 3.25. The molecule has 3 aromatic rings. The first-order valence-electron chi connectivity index (χ1n) is 7.11. The van der Waals surface area contributed by atoms with Gasteiger partial charge < -0.3 is 9.26 Å². The molecule has 0 saturated heterocycles. The molecule has 24 heavy (non-hydrogen) atoms. The number of benzene rings is 1. The highest BCUT2D eigenvalue weighted by Gasteiger charge is 2.21. The summed E-state index contributed by atoms with van der Waals surface area (Å²) in [5.41, 5.74) is 0.0701. The lowest BCUT2D eigenvalue weighted by atomic mass is 10.1. The number of hydrogen-bond acceptors (Lipinski definition) is 5. The van der Waals surface area contributed by atoms with Crippen LogP contribution < -0.4 is 4.74 Å².